The van der Waals surface area contributed by atoms with Gasteiger partial charge in [0, 0.05) is 21.5 Å². The molecule has 100 valence electrons. The summed E-state index contributed by atoms with van der Waals surface area (Å²) >= 11 is 3.21. The van der Waals surface area contributed by atoms with E-state index >= 15 is 0 Å². The molecule has 0 spiro atoms. The maximum Gasteiger partial charge on any atom is 0.449 e. The van der Waals surface area contributed by atoms with Crippen LogP contribution in [0.1, 0.15) is 12.8 Å². The van der Waals surface area contributed by atoms with E-state index in [0.29, 0.717) is 4.90 Å². The molecule has 2 nitrogen and oxygen atoms in total. The Hall–Kier alpha value is -0.690. The van der Waals surface area contributed by atoms with Gasteiger partial charge in [0.2, 0.25) is 5.78 Å². The minimum Gasteiger partial charge on any atom is -0.290 e. The second-order valence-electron chi connectivity index (χ2n) is 3.53. The molecule has 1 aromatic carbocycles. The Bertz CT molecular complexity index is 460. The van der Waals surface area contributed by atoms with Crippen LogP contribution >= 0.6 is 15.9 Å². The summed E-state index contributed by atoms with van der Waals surface area (Å²) in [6, 6.07) is 6.72. The number of carbonyl (C=O) groups is 1. The first-order valence-corrected chi connectivity index (χ1v) is 7.16. The van der Waals surface area contributed by atoms with Crippen LogP contribution < -0.4 is 0 Å². The van der Waals surface area contributed by atoms with Gasteiger partial charge in [0.05, 0.1) is 10.8 Å². The van der Waals surface area contributed by atoms with Crippen LogP contribution in [-0.4, -0.2) is 21.9 Å². The van der Waals surface area contributed by atoms with Crippen LogP contribution in [0.5, 0.6) is 0 Å². The van der Waals surface area contributed by atoms with Crippen LogP contribution in [0.4, 0.5) is 13.2 Å². The molecule has 0 aliphatic rings. The molecule has 0 amide bonds. The molecule has 0 fully saturated rings. The third-order valence-corrected chi connectivity index (χ3v) is 4.04. The fourth-order valence-corrected chi connectivity index (χ4v) is 2.91. The Kier molecular flexibility index (Phi) is 5.52. The maximum absolute atomic E-state index is 11.9. The summed E-state index contributed by atoms with van der Waals surface area (Å²) < 4.78 is 48.2. The zero-order valence-corrected chi connectivity index (χ0v) is 11.6. The van der Waals surface area contributed by atoms with E-state index in [1.165, 1.54) is 0 Å². The monoisotopic (exact) mass is 342 g/mol. The standard InChI is InChI=1S/C11H10BrF3O2S/c12-8-3-1-4-9(7-8)18(17)6-2-5-10(16)11(13,14)15/h1,3-4,7H,2,5-6H2. The zero-order chi connectivity index (χ0) is 13.8. The molecule has 0 aromatic heterocycles. The van der Waals surface area contributed by atoms with E-state index in [9.17, 15) is 22.2 Å². The van der Waals surface area contributed by atoms with E-state index in [-0.39, 0.29) is 12.2 Å². The number of benzene rings is 1. The lowest BCUT2D eigenvalue weighted by Gasteiger charge is -2.05. The topological polar surface area (TPSA) is 34.1 Å². The fraction of sp³-hybridized carbons (Fsp3) is 0.364. The molecule has 0 saturated carbocycles. The van der Waals surface area contributed by atoms with Crippen molar-refractivity contribution in [3.8, 4) is 0 Å². The molecule has 1 unspecified atom stereocenters. The van der Waals surface area contributed by atoms with Gasteiger partial charge in [-0.3, -0.25) is 9.00 Å². The number of ketones is 1. The van der Waals surface area contributed by atoms with Gasteiger partial charge in [-0.2, -0.15) is 13.2 Å². The zero-order valence-electron chi connectivity index (χ0n) is 9.17. The fourth-order valence-electron chi connectivity index (χ4n) is 1.23. The molecule has 1 aromatic rings. The van der Waals surface area contributed by atoms with Crippen molar-refractivity contribution in [2.75, 3.05) is 5.75 Å². The predicted octanol–water partition coefficient (Wildman–Crippen LogP) is 3.47. The Morgan fingerprint density at radius 2 is 2.00 bits per heavy atom. The summed E-state index contributed by atoms with van der Waals surface area (Å²) in [5, 5.41) is 0. The van der Waals surface area contributed by atoms with Gasteiger partial charge in [0.1, 0.15) is 0 Å². The molecule has 0 aliphatic heterocycles. The summed E-state index contributed by atoms with van der Waals surface area (Å²) in [5.74, 6) is -1.73. The largest absolute Gasteiger partial charge is 0.449 e. The lowest BCUT2D eigenvalue weighted by Crippen LogP contribution is -2.22. The third kappa shape index (κ3) is 4.89. The van der Waals surface area contributed by atoms with E-state index in [4.69, 9.17) is 0 Å². The number of halogens is 4. The van der Waals surface area contributed by atoms with Crippen molar-refractivity contribution in [1.82, 2.24) is 0 Å². The quantitative estimate of drug-likeness (QED) is 0.821. The van der Waals surface area contributed by atoms with Gasteiger partial charge in [0.15, 0.2) is 0 Å². The number of hydrogen-bond acceptors (Lipinski definition) is 2. The molecule has 0 N–H and O–H groups in total. The van der Waals surface area contributed by atoms with Gasteiger partial charge >= 0.3 is 6.18 Å². The number of alkyl halides is 3. The van der Waals surface area contributed by atoms with E-state index < -0.39 is 29.2 Å². The second-order valence-corrected chi connectivity index (χ2v) is 6.02. The highest BCUT2D eigenvalue weighted by Gasteiger charge is 2.37. The minimum atomic E-state index is -4.79. The van der Waals surface area contributed by atoms with Gasteiger partial charge in [-0.25, -0.2) is 0 Å². The SMILES string of the molecule is O=C(CCCS(=O)c1cccc(Br)c1)C(F)(F)F. The number of hydrogen-bond donors (Lipinski definition) is 0. The smallest absolute Gasteiger partial charge is 0.290 e. The van der Waals surface area contributed by atoms with Gasteiger partial charge in [-0.1, -0.05) is 22.0 Å². The highest BCUT2D eigenvalue weighted by Crippen LogP contribution is 2.20. The Morgan fingerprint density at radius 1 is 1.33 bits per heavy atom. The van der Waals surface area contributed by atoms with Gasteiger partial charge in [-0.05, 0) is 24.6 Å². The third-order valence-electron chi connectivity index (χ3n) is 2.11. The molecular weight excluding hydrogens is 333 g/mol. The van der Waals surface area contributed by atoms with Crippen molar-refractivity contribution >= 4 is 32.5 Å². The van der Waals surface area contributed by atoms with E-state index in [1.807, 2.05) is 0 Å². The normalized spacial score (nSPS) is 13.3. The van der Waals surface area contributed by atoms with E-state index in [2.05, 4.69) is 15.9 Å². The highest BCUT2D eigenvalue weighted by atomic mass is 79.9. The molecule has 0 bridgehead atoms. The van der Waals surface area contributed by atoms with Crippen LogP contribution in [0.2, 0.25) is 0 Å². The summed E-state index contributed by atoms with van der Waals surface area (Å²) in [4.78, 5) is 11.1. The lowest BCUT2D eigenvalue weighted by atomic mass is 10.2. The van der Waals surface area contributed by atoms with Gasteiger partial charge in [-0.15, -0.1) is 0 Å². The molecule has 0 heterocycles. The summed E-state index contributed by atoms with van der Waals surface area (Å²) in [6.07, 6.45) is -5.46. The first-order chi connectivity index (χ1) is 8.30. The van der Waals surface area contributed by atoms with Crippen LogP contribution in [0.25, 0.3) is 0 Å². The molecule has 0 aliphatic carbocycles. The Balaban J connectivity index is 2.46. The predicted molar refractivity (Wildman–Crippen MR) is 65.7 cm³/mol. The second kappa shape index (κ2) is 6.47. The average Bonchev–Trinajstić information content (AvgIpc) is 2.27. The van der Waals surface area contributed by atoms with E-state index in [1.54, 1.807) is 24.3 Å². The molecule has 7 heteroatoms. The minimum absolute atomic E-state index is 0.0400. The molecule has 0 saturated heterocycles. The van der Waals surface area contributed by atoms with Crippen molar-refractivity contribution in [2.24, 2.45) is 0 Å². The van der Waals surface area contributed by atoms with Crippen molar-refractivity contribution in [1.29, 1.82) is 0 Å². The number of rotatable bonds is 5. The van der Waals surface area contributed by atoms with Crippen molar-refractivity contribution in [2.45, 2.75) is 23.9 Å². The first kappa shape index (κ1) is 15.4. The van der Waals surface area contributed by atoms with Crippen LogP contribution in [-0.2, 0) is 15.6 Å². The lowest BCUT2D eigenvalue weighted by molar-refractivity contribution is -0.171. The number of carbonyl (C=O) groups excluding carboxylic acids is 1. The van der Waals surface area contributed by atoms with Crippen LogP contribution in [0.3, 0.4) is 0 Å². The highest BCUT2D eigenvalue weighted by molar-refractivity contribution is 9.10. The molecular formula is C11H10BrF3O2S. The molecule has 1 atom stereocenters. The molecule has 18 heavy (non-hydrogen) atoms. The Labute approximate surface area is 113 Å². The molecule has 0 radical (unpaired) electrons. The maximum atomic E-state index is 11.9. The van der Waals surface area contributed by atoms with Crippen molar-refractivity contribution in [3.05, 3.63) is 28.7 Å². The van der Waals surface area contributed by atoms with Crippen molar-refractivity contribution < 1.29 is 22.2 Å². The Morgan fingerprint density at radius 3 is 2.56 bits per heavy atom. The van der Waals surface area contributed by atoms with Crippen molar-refractivity contribution in [3.63, 3.8) is 0 Å². The van der Waals surface area contributed by atoms with Crippen LogP contribution in [0, 0.1) is 0 Å². The summed E-state index contributed by atoms with van der Waals surface area (Å²) in [7, 11) is -1.39. The van der Waals surface area contributed by atoms with Crippen LogP contribution in [0.15, 0.2) is 33.6 Å². The van der Waals surface area contributed by atoms with Gasteiger partial charge in [0.25, 0.3) is 0 Å². The average molecular weight is 343 g/mol. The first-order valence-electron chi connectivity index (χ1n) is 5.04. The van der Waals surface area contributed by atoms with Gasteiger partial charge < -0.3 is 0 Å². The molecule has 1 rings (SSSR count). The van der Waals surface area contributed by atoms with E-state index in [0.717, 1.165) is 4.47 Å². The summed E-state index contributed by atoms with van der Waals surface area (Å²) in [6.45, 7) is 0. The number of Topliss-reactive ketones (excluding diaryl/α,β-unsaturated/α-hetero) is 1. The summed E-state index contributed by atoms with van der Waals surface area (Å²) in [5.41, 5.74) is 0.